The number of unbranched alkanes of at least 4 members (excludes halogenated alkanes) is 2. The highest BCUT2D eigenvalue weighted by Gasteiger charge is 2.22. The second kappa shape index (κ2) is 17.8. The van der Waals surface area contributed by atoms with Crippen molar-refractivity contribution in [1.82, 2.24) is 5.32 Å². The summed E-state index contributed by atoms with van der Waals surface area (Å²) in [7, 11) is 1.24. The first kappa shape index (κ1) is 30.5. The number of carbonyl (C=O) groups is 4. The maximum atomic E-state index is 12.3. The summed E-state index contributed by atoms with van der Waals surface area (Å²) in [6, 6.07) is 3.58. The van der Waals surface area contributed by atoms with Gasteiger partial charge in [-0.2, -0.15) is 0 Å². The SMILES string of the molecule is CCCCCOC(=O)OCCN[C@@H](Cc1ccc(OC(=O)OCC)c(OC(=O)OCC)c1)C(=O)OC. The quantitative estimate of drug-likeness (QED) is 0.158. The van der Waals surface area contributed by atoms with Crippen molar-refractivity contribution in [2.75, 3.05) is 40.1 Å². The summed E-state index contributed by atoms with van der Waals surface area (Å²) in [6.07, 6.45) is 0.0989. The van der Waals surface area contributed by atoms with Crippen molar-refractivity contribution in [3.8, 4) is 11.5 Å². The molecule has 0 fully saturated rings. The zero-order valence-electron chi connectivity index (χ0n) is 21.2. The summed E-state index contributed by atoms with van der Waals surface area (Å²) in [6.45, 7) is 5.85. The predicted octanol–water partition coefficient (Wildman–Crippen LogP) is 3.77. The van der Waals surface area contributed by atoms with Gasteiger partial charge in [-0.3, -0.25) is 4.79 Å². The van der Waals surface area contributed by atoms with E-state index in [-0.39, 0.29) is 50.9 Å². The van der Waals surface area contributed by atoms with Crippen molar-refractivity contribution in [2.24, 2.45) is 0 Å². The fourth-order valence-electron chi connectivity index (χ4n) is 2.85. The van der Waals surface area contributed by atoms with Crippen LogP contribution in [0.25, 0.3) is 0 Å². The highest BCUT2D eigenvalue weighted by Crippen LogP contribution is 2.30. The lowest BCUT2D eigenvalue weighted by Crippen LogP contribution is -2.41. The molecular formula is C24H35NO11. The lowest BCUT2D eigenvalue weighted by atomic mass is 10.1. The lowest BCUT2D eigenvalue weighted by molar-refractivity contribution is -0.143. The maximum absolute atomic E-state index is 12.3. The molecule has 0 aliphatic rings. The molecule has 0 aliphatic heterocycles. The molecular weight excluding hydrogens is 478 g/mol. The van der Waals surface area contributed by atoms with E-state index in [2.05, 4.69) is 5.32 Å². The molecule has 12 nitrogen and oxygen atoms in total. The average Bonchev–Trinajstić information content (AvgIpc) is 2.85. The van der Waals surface area contributed by atoms with Gasteiger partial charge < -0.3 is 38.5 Å². The number of hydrogen-bond acceptors (Lipinski definition) is 12. The third-order valence-electron chi connectivity index (χ3n) is 4.53. The molecule has 0 saturated heterocycles. The van der Waals surface area contributed by atoms with Crippen molar-refractivity contribution in [2.45, 2.75) is 52.5 Å². The number of nitrogens with one attached hydrogen (secondary N) is 1. The minimum absolute atomic E-state index is 0.0242. The minimum Gasteiger partial charge on any atom is -0.468 e. The number of carbonyl (C=O) groups excluding carboxylic acids is 4. The first-order valence-electron chi connectivity index (χ1n) is 11.8. The van der Waals surface area contributed by atoms with Gasteiger partial charge in [0, 0.05) is 6.54 Å². The van der Waals surface area contributed by atoms with Crippen LogP contribution in [0, 0.1) is 0 Å². The molecule has 1 rings (SSSR count). The normalized spacial score (nSPS) is 11.1. The smallest absolute Gasteiger partial charge is 0.468 e. The molecule has 0 spiro atoms. The van der Waals surface area contributed by atoms with Gasteiger partial charge in [0.15, 0.2) is 11.5 Å². The molecule has 202 valence electrons. The highest BCUT2D eigenvalue weighted by molar-refractivity contribution is 5.76. The highest BCUT2D eigenvalue weighted by atomic mass is 16.7. The summed E-state index contributed by atoms with van der Waals surface area (Å²) in [5, 5.41) is 2.95. The lowest BCUT2D eigenvalue weighted by Gasteiger charge is -2.18. The molecule has 0 amide bonds. The Hall–Kier alpha value is -3.54. The van der Waals surface area contributed by atoms with Crippen LogP contribution in [0.1, 0.15) is 45.6 Å². The summed E-state index contributed by atoms with van der Waals surface area (Å²) in [5.74, 6) is -0.729. The standard InChI is InChI=1S/C24H35NO11/c1-5-8-9-13-33-22(27)34-14-12-25-18(21(26)30-4)15-17-10-11-19(35-23(28)31-6-2)20(16-17)36-24(29)32-7-3/h10-11,16,18,25H,5-9,12-15H2,1-4H3/t18-/m0/s1. The van der Waals surface area contributed by atoms with Gasteiger partial charge in [-0.25, -0.2) is 14.4 Å². The Labute approximate surface area is 210 Å². The number of esters is 1. The number of ether oxygens (including phenoxy) is 7. The second-order valence-electron chi connectivity index (χ2n) is 7.24. The van der Waals surface area contributed by atoms with Gasteiger partial charge in [0.05, 0.1) is 26.9 Å². The maximum Gasteiger partial charge on any atom is 0.513 e. The van der Waals surface area contributed by atoms with Crippen LogP contribution < -0.4 is 14.8 Å². The Balaban J connectivity index is 2.81. The third-order valence-corrected chi connectivity index (χ3v) is 4.53. The molecule has 0 unspecified atom stereocenters. The Bertz CT molecular complexity index is 843. The fraction of sp³-hybridized carbons (Fsp3) is 0.583. The Morgan fingerprint density at radius 2 is 1.44 bits per heavy atom. The number of methoxy groups -OCH3 is 1. The van der Waals surface area contributed by atoms with Crippen LogP contribution in [0.4, 0.5) is 14.4 Å². The first-order chi connectivity index (χ1) is 17.3. The van der Waals surface area contributed by atoms with E-state index in [0.29, 0.717) is 5.56 Å². The molecule has 1 aromatic rings. The van der Waals surface area contributed by atoms with Crippen molar-refractivity contribution in [3.05, 3.63) is 23.8 Å². The van der Waals surface area contributed by atoms with Gasteiger partial charge >= 0.3 is 24.4 Å². The molecule has 1 N–H and O–H groups in total. The fourth-order valence-corrected chi connectivity index (χ4v) is 2.85. The number of hydrogen-bond donors (Lipinski definition) is 1. The van der Waals surface area contributed by atoms with Crippen LogP contribution in [-0.2, 0) is 34.9 Å². The molecule has 12 heteroatoms. The van der Waals surface area contributed by atoms with E-state index in [1.807, 2.05) is 6.92 Å². The van der Waals surface area contributed by atoms with E-state index in [9.17, 15) is 19.2 Å². The molecule has 0 bridgehead atoms. The van der Waals surface area contributed by atoms with Gasteiger partial charge in [0.1, 0.15) is 12.6 Å². The van der Waals surface area contributed by atoms with E-state index in [1.165, 1.54) is 19.2 Å². The zero-order valence-corrected chi connectivity index (χ0v) is 21.2. The Morgan fingerprint density at radius 1 is 0.806 bits per heavy atom. The van der Waals surface area contributed by atoms with Crippen molar-refractivity contribution < 1.29 is 52.3 Å². The van der Waals surface area contributed by atoms with E-state index >= 15 is 0 Å². The van der Waals surface area contributed by atoms with Crippen LogP contribution >= 0.6 is 0 Å². The van der Waals surface area contributed by atoms with Crippen LogP contribution in [0.5, 0.6) is 11.5 Å². The topological polar surface area (TPSA) is 145 Å². The Morgan fingerprint density at radius 3 is 2.06 bits per heavy atom. The van der Waals surface area contributed by atoms with E-state index in [4.69, 9.17) is 33.2 Å². The zero-order chi connectivity index (χ0) is 26.8. The molecule has 1 atom stereocenters. The van der Waals surface area contributed by atoms with Crippen LogP contribution in [-0.4, -0.2) is 70.6 Å². The minimum atomic E-state index is -0.996. The summed E-state index contributed by atoms with van der Waals surface area (Å²) >= 11 is 0. The van der Waals surface area contributed by atoms with Gasteiger partial charge in [0.25, 0.3) is 0 Å². The molecule has 36 heavy (non-hydrogen) atoms. The predicted molar refractivity (Wildman–Crippen MR) is 126 cm³/mol. The molecule has 0 aliphatic carbocycles. The number of rotatable bonds is 15. The first-order valence-corrected chi connectivity index (χ1v) is 11.8. The molecule has 0 aromatic heterocycles. The van der Waals surface area contributed by atoms with Gasteiger partial charge in [-0.1, -0.05) is 25.8 Å². The number of benzene rings is 1. The largest absolute Gasteiger partial charge is 0.513 e. The molecule has 0 radical (unpaired) electrons. The van der Waals surface area contributed by atoms with Gasteiger partial charge in [-0.05, 0) is 44.4 Å². The van der Waals surface area contributed by atoms with Gasteiger partial charge in [-0.15, -0.1) is 0 Å². The average molecular weight is 514 g/mol. The van der Waals surface area contributed by atoms with E-state index in [1.54, 1.807) is 19.9 Å². The molecule has 1 aromatic carbocycles. The monoisotopic (exact) mass is 513 g/mol. The summed E-state index contributed by atoms with van der Waals surface area (Å²) in [4.78, 5) is 47.4. The molecule has 0 heterocycles. The molecule has 0 saturated carbocycles. The van der Waals surface area contributed by atoms with Crippen LogP contribution in [0.2, 0.25) is 0 Å². The van der Waals surface area contributed by atoms with E-state index in [0.717, 1.165) is 19.3 Å². The van der Waals surface area contributed by atoms with Gasteiger partial charge in [0.2, 0.25) is 0 Å². The van der Waals surface area contributed by atoms with Crippen molar-refractivity contribution >= 4 is 24.4 Å². The Kier molecular flexibility index (Phi) is 15.1. The second-order valence-corrected chi connectivity index (χ2v) is 7.24. The van der Waals surface area contributed by atoms with Crippen LogP contribution in [0.3, 0.4) is 0 Å². The van der Waals surface area contributed by atoms with E-state index < -0.39 is 30.5 Å². The summed E-state index contributed by atoms with van der Waals surface area (Å²) in [5.41, 5.74) is 0.546. The summed E-state index contributed by atoms with van der Waals surface area (Å²) < 4.78 is 34.5. The third kappa shape index (κ3) is 12.2. The van der Waals surface area contributed by atoms with Crippen LogP contribution in [0.15, 0.2) is 18.2 Å². The van der Waals surface area contributed by atoms with Crippen molar-refractivity contribution in [3.63, 3.8) is 0 Å². The van der Waals surface area contributed by atoms with Crippen molar-refractivity contribution in [1.29, 1.82) is 0 Å².